The van der Waals surface area contributed by atoms with Gasteiger partial charge in [0.25, 0.3) is 0 Å². The van der Waals surface area contributed by atoms with Gasteiger partial charge in [0.1, 0.15) is 5.75 Å². The monoisotopic (exact) mass is 376 g/mol. The second-order valence-corrected chi connectivity index (χ2v) is 5.73. The highest BCUT2D eigenvalue weighted by Gasteiger charge is 2.07. The third kappa shape index (κ3) is 6.27. The van der Waals surface area contributed by atoms with E-state index in [1.165, 1.54) is 32.1 Å². The quantitative estimate of drug-likeness (QED) is 0.501. The van der Waals surface area contributed by atoms with Gasteiger partial charge in [0.05, 0.1) is 15.7 Å². The summed E-state index contributed by atoms with van der Waals surface area (Å²) in [4.78, 5) is 10.9. The van der Waals surface area contributed by atoms with Gasteiger partial charge in [-0.25, -0.2) is 4.79 Å². The van der Waals surface area contributed by atoms with E-state index in [1.807, 2.05) is 0 Å². The Labute approximate surface area is 128 Å². The highest BCUT2D eigenvalue weighted by atomic mass is 127. The Kier molecular flexibility index (Phi) is 7.86. The first-order chi connectivity index (χ1) is 9.15. The number of aromatic carboxylic acids is 1. The fraction of sp³-hybridized carbons (Fsp3) is 0.533. The van der Waals surface area contributed by atoms with Gasteiger partial charge >= 0.3 is 5.97 Å². The molecule has 0 saturated heterocycles. The minimum atomic E-state index is -0.916. The number of carboxylic acid groups (broad SMARTS) is 1. The Hall–Kier alpha value is -0.780. The van der Waals surface area contributed by atoms with Gasteiger partial charge in [0.15, 0.2) is 0 Å². The lowest BCUT2D eigenvalue weighted by atomic mass is 10.1. The summed E-state index contributed by atoms with van der Waals surface area (Å²) in [6, 6.07) is 4.98. The van der Waals surface area contributed by atoms with Gasteiger partial charge in [-0.2, -0.15) is 0 Å². The maximum atomic E-state index is 10.9. The van der Waals surface area contributed by atoms with Crippen LogP contribution in [0.3, 0.4) is 0 Å². The topological polar surface area (TPSA) is 46.5 Å². The van der Waals surface area contributed by atoms with Crippen LogP contribution >= 0.6 is 22.6 Å². The zero-order chi connectivity index (χ0) is 14.1. The molecule has 0 heterocycles. The van der Waals surface area contributed by atoms with Crippen molar-refractivity contribution in [2.75, 3.05) is 6.61 Å². The first-order valence-electron chi connectivity index (χ1n) is 6.80. The van der Waals surface area contributed by atoms with Crippen LogP contribution in [0.25, 0.3) is 0 Å². The van der Waals surface area contributed by atoms with Gasteiger partial charge in [-0.1, -0.05) is 39.0 Å². The number of carbonyl (C=O) groups is 1. The molecule has 3 nitrogen and oxygen atoms in total. The number of carboxylic acids is 1. The van der Waals surface area contributed by atoms with E-state index in [0.29, 0.717) is 12.4 Å². The third-order valence-electron chi connectivity index (χ3n) is 2.93. The molecular weight excluding hydrogens is 355 g/mol. The SMILES string of the molecule is CCCCCCCCOc1cc(C(=O)O)ccc1I. The van der Waals surface area contributed by atoms with Crippen LogP contribution in [0.15, 0.2) is 18.2 Å². The molecule has 1 N–H and O–H groups in total. The first-order valence-corrected chi connectivity index (χ1v) is 7.88. The van der Waals surface area contributed by atoms with Crippen LogP contribution in [0.1, 0.15) is 55.8 Å². The molecule has 0 saturated carbocycles. The Morgan fingerprint density at radius 3 is 2.58 bits per heavy atom. The largest absolute Gasteiger partial charge is 0.492 e. The van der Waals surface area contributed by atoms with Crippen molar-refractivity contribution in [2.45, 2.75) is 45.4 Å². The van der Waals surface area contributed by atoms with Gasteiger partial charge in [-0.15, -0.1) is 0 Å². The van der Waals surface area contributed by atoms with E-state index in [9.17, 15) is 4.79 Å². The predicted molar refractivity (Wildman–Crippen MR) is 85.0 cm³/mol. The standard InChI is InChI=1S/C15H21IO3/c1-2-3-4-5-6-7-10-19-14-11-12(15(17)18)8-9-13(14)16/h8-9,11H,2-7,10H2,1H3,(H,17,18). The van der Waals surface area contributed by atoms with Crippen LogP contribution in [0.4, 0.5) is 0 Å². The molecule has 1 aromatic carbocycles. The lowest BCUT2D eigenvalue weighted by Crippen LogP contribution is -2.02. The lowest BCUT2D eigenvalue weighted by molar-refractivity contribution is 0.0696. The molecule has 0 spiro atoms. The molecule has 0 atom stereocenters. The highest BCUT2D eigenvalue weighted by Crippen LogP contribution is 2.22. The van der Waals surface area contributed by atoms with Crippen molar-refractivity contribution >= 4 is 28.6 Å². The summed E-state index contributed by atoms with van der Waals surface area (Å²) in [5.41, 5.74) is 0.276. The summed E-state index contributed by atoms with van der Waals surface area (Å²) < 4.78 is 6.62. The second kappa shape index (κ2) is 9.18. The summed E-state index contributed by atoms with van der Waals surface area (Å²) in [7, 11) is 0. The predicted octanol–water partition coefficient (Wildman–Crippen LogP) is 4.73. The minimum absolute atomic E-state index is 0.276. The van der Waals surface area contributed by atoms with Crippen LogP contribution in [0, 0.1) is 3.57 Å². The Bertz CT molecular complexity index is 404. The average molecular weight is 376 g/mol. The van der Waals surface area contributed by atoms with Crippen LogP contribution in [-0.4, -0.2) is 17.7 Å². The zero-order valence-electron chi connectivity index (χ0n) is 11.3. The molecule has 0 aliphatic carbocycles. The number of ether oxygens (including phenoxy) is 1. The summed E-state index contributed by atoms with van der Waals surface area (Å²) in [6.45, 7) is 2.87. The van der Waals surface area contributed by atoms with Crippen molar-refractivity contribution in [3.63, 3.8) is 0 Å². The molecule has 0 fully saturated rings. The van der Waals surface area contributed by atoms with Gasteiger partial charge in [-0.3, -0.25) is 0 Å². The van der Waals surface area contributed by atoms with Crippen molar-refractivity contribution in [2.24, 2.45) is 0 Å². The molecule has 0 radical (unpaired) electrons. The molecule has 0 unspecified atom stereocenters. The van der Waals surface area contributed by atoms with Crippen LogP contribution < -0.4 is 4.74 Å². The number of hydrogen-bond donors (Lipinski definition) is 1. The summed E-state index contributed by atoms with van der Waals surface area (Å²) in [6.07, 6.45) is 7.31. The van der Waals surface area contributed by atoms with Gasteiger partial charge in [0.2, 0.25) is 0 Å². The molecule has 0 aromatic heterocycles. The summed E-state index contributed by atoms with van der Waals surface area (Å²) in [5, 5.41) is 8.93. The van der Waals surface area contributed by atoms with Crippen LogP contribution in [-0.2, 0) is 0 Å². The van der Waals surface area contributed by atoms with Gasteiger partial charge in [-0.05, 0) is 47.2 Å². The maximum Gasteiger partial charge on any atom is 0.335 e. The number of hydrogen-bond acceptors (Lipinski definition) is 2. The summed E-state index contributed by atoms with van der Waals surface area (Å²) in [5.74, 6) is -0.241. The molecule has 0 aliphatic heterocycles. The van der Waals surface area contributed by atoms with Crippen molar-refractivity contribution < 1.29 is 14.6 Å². The Morgan fingerprint density at radius 2 is 1.89 bits per heavy atom. The van der Waals surface area contributed by atoms with E-state index < -0.39 is 5.97 Å². The number of rotatable bonds is 9. The van der Waals surface area contributed by atoms with E-state index in [2.05, 4.69) is 29.5 Å². The zero-order valence-corrected chi connectivity index (χ0v) is 13.5. The van der Waals surface area contributed by atoms with Gasteiger partial charge in [0, 0.05) is 0 Å². The number of unbranched alkanes of at least 4 members (excludes halogenated alkanes) is 5. The van der Waals surface area contributed by atoms with E-state index >= 15 is 0 Å². The minimum Gasteiger partial charge on any atom is -0.492 e. The molecule has 4 heteroatoms. The molecular formula is C15H21IO3. The fourth-order valence-corrected chi connectivity index (χ4v) is 2.30. The van der Waals surface area contributed by atoms with E-state index in [4.69, 9.17) is 9.84 Å². The molecule has 1 aromatic rings. The normalized spacial score (nSPS) is 10.4. The Morgan fingerprint density at radius 1 is 1.21 bits per heavy atom. The molecule has 0 amide bonds. The summed E-state index contributed by atoms with van der Waals surface area (Å²) >= 11 is 2.16. The number of halogens is 1. The van der Waals surface area contributed by atoms with Crippen molar-refractivity contribution in [1.82, 2.24) is 0 Å². The molecule has 1 rings (SSSR count). The van der Waals surface area contributed by atoms with E-state index in [0.717, 1.165) is 9.99 Å². The number of benzene rings is 1. The average Bonchev–Trinajstić information content (AvgIpc) is 2.39. The van der Waals surface area contributed by atoms with Crippen molar-refractivity contribution in [3.8, 4) is 5.75 Å². The maximum absolute atomic E-state index is 10.9. The van der Waals surface area contributed by atoms with Crippen LogP contribution in [0.5, 0.6) is 5.75 Å². The molecule has 106 valence electrons. The van der Waals surface area contributed by atoms with Crippen molar-refractivity contribution in [3.05, 3.63) is 27.3 Å². The van der Waals surface area contributed by atoms with Crippen molar-refractivity contribution in [1.29, 1.82) is 0 Å². The van der Waals surface area contributed by atoms with Gasteiger partial charge < -0.3 is 9.84 Å². The van der Waals surface area contributed by atoms with Crippen LogP contribution in [0.2, 0.25) is 0 Å². The highest BCUT2D eigenvalue weighted by molar-refractivity contribution is 14.1. The fourth-order valence-electron chi connectivity index (χ4n) is 1.81. The smallest absolute Gasteiger partial charge is 0.335 e. The van der Waals surface area contributed by atoms with E-state index in [1.54, 1.807) is 18.2 Å². The molecule has 0 aliphatic rings. The molecule has 19 heavy (non-hydrogen) atoms. The lowest BCUT2D eigenvalue weighted by Gasteiger charge is -2.09. The second-order valence-electron chi connectivity index (χ2n) is 4.57. The molecule has 0 bridgehead atoms. The van der Waals surface area contributed by atoms with E-state index in [-0.39, 0.29) is 5.56 Å². The third-order valence-corrected chi connectivity index (χ3v) is 3.82. The Balaban J connectivity index is 2.32. The first kappa shape index (κ1) is 16.3.